The fourth-order valence-corrected chi connectivity index (χ4v) is 2.14. The first kappa shape index (κ1) is 16.1. The summed E-state index contributed by atoms with van der Waals surface area (Å²) >= 11 is 6.03. The molecule has 1 aromatic heterocycles. The lowest BCUT2D eigenvalue weighted by atomic mass is 10.2. The third-order valence-electron chi connectivity index (χ3n) is 3.16. The number of pyridine rings is 1. The zero-order valence-corrected chi connectivity index (χ0v) is 13.4. The predicted molar refractivity (Wildman–Crippen MR) is 87.0 cm³/mol. The van der Waals surface area contributed by atoms with Crippen molar-refractivity contribution in [1.82, 2.24) is 4.57 Å². The van der Waals surface area contributed by atoms with Crippen LogP contribution in [0, 0.1) is 6.92 Å². The van der Waals surface area contributed by atoms with Crippen molar-refractivity contribution in [2.75, 3.05) is 11.9 Å². The molecule has 0 aliphatic rings. The van der Waals surface area contributed by atoms with Crippen molar-refractivity contribution in [1.29, 1.82) is 0 Å². The third kappa shape index (κ3) is 3.49. The van der Waals surface area contributed by atoms with Crippen LogP contribution < -0.4 is 15.5 Å². The van der Waals surface area contributed by atoms with Gasteiger partial charge in [-0.25, -0.2) is 0 Å². The number of carbonyl (C=O) groups excluding carboxylic acids is 1. The first-order chi connectivity index (χ1) is 10.4. The molecule has 0 saturated carbocycles. The number of hydrogen-bond donors (Lipinski definition) is 1. The van der Waals surface area contributed by atoms with Gasteiger partial charge in [0.25, 0.3) is 5.91 Å². The van der Waals surface area contributed by atoms with Gasteiger partial charge in [0.05, 0.1) is 12.8 Å². The second kappa shape index (κ2) is 6.66. The van der Waals surface area contributed by atoms with Gasteiger partial charge in [0.15, 0.2) is 5.75 Å². The molecule has 116 valence electrons. The number of aryl methyl sites for hydroxylation is 2. The van der Waals surface area contributed by atoms with Crippen LogP contribution in [0.15, 0.2) is 35.3 Å². The highest BCUT2D eigenvalue weighted by molar-refractivity contribution is 6.31. The lowest BCUT2D eigenvalue weighted by Crippen LogP contribution is -2.21. The van der Waals surface area contributed by atoms with E-state index in [1.165, 1.54) is 12.3 Å². The molecule has 1 amide bonds. The molecule has 0 aliphatic carbocycles. The van der Waals surface area contributed by atoms with Crippen molar-refractivity contribution in [3.8, 4) is 5.75 Å². The van der Waals surface area contributed by atoms with Crippen molar-refractivity contribution in [2.45, 2.75) is 13.8 Å². The fraction of sp³-hybridized carbons (Fsp3) is 0.250. The number of hydrogen-bond acceptors (Lipinski definition) is 3. The van der Waals surface area contributed by atoms with Gasteiger partial charge in [-0.3, -0.25) is 9.59 Å². The van der Waals surface area contributed by atoms with E-state index in [0.29, 0.717) is 17.3 Å². The van der Waals surface area contributed by atoms with Gasteiger partial charge in [-0.15, -0.1) is 0 Å². The molecular formula is C16H17ClN2O3. The number of rotatable bonds is 4. The van der Waals surface area contributed by atoms with Crippen LogP contribution >= 0.6 is 11.6 Å². The van der Waals surface area contributed by atoms with E-state index in [9.17, 15) is 9.59 Å². The number of nitrogens with zero attached hydrogens (tertiary/aromatic N) is 1. The van der Waals surface area contributed by atoms with Crippen molar-refractivity contribution >= 4 is 23.2 Å². The van der Waals surface area contributed by atoms with E-state index in [2.05, 4.69) is 5.32 Å². The summed E-state index contributed by atoms with van der Waals surface area (Å²) in [5.41, 5.74) is 1.41. The van der Waals surface area contributed by atoms with E-state index >= 15 is 0 Å². The van der Waals surface area contributed by atoms with Crippen LogP contribution in [0.2, 0.25) is 5.02 Å². The van der Waals surface area contributed by atoms with Crippen LogP contribution in [-0.2, 0) is 7.05 Å². The smallest absolute Gasteiger partial charge is 0.272 e. The van der Waals surface area contributed by atoms with Crippen molar-refractivity contribution in [3.05, 3.63) is 57.0 Å². The molecule has 5 nitrogen and oxygen atoms in total. The van der Waals surface area contributed by atoms with Crippen molar-refractivity contribution in [3.63, 3.8) is 0 Å². The lowest BCUT2D eigenvalue weighted by Gasteiger charge is -2.12. The summed E-state index contributed by atoms with van der Waals surface area (Å²) in [5, 5.41) is 3.29. The van der Waals surface area contributed by atoms with Gasteiger partial charge in [-0.05, 0) is 31.5 Å². The Bertz CT molecular complexity index is 768. The summed E-state index contributed by atoms with van der Waals surface area (Å²) in [6.45, 7) is 4.06. The summed E-state index contributed by atoms with van der Waals surface area (Å²) in [7, 11) is 1.68. The van der Waals surface area contributed by atoms with Crippen LogP contribution in [-0.4, -0.2) is 17.1 Å². The maximum Gasteiger partial charge on any atom is 0.272 e. The van der Waals surface area contributed by atoms with Crippen LogP contribution in [0.1, 0.15) is 23.0 Å². The van der Waals surface area contributed by atoms with Crippen LogP contribution in [0.4, 0.5) is 5.69 Å². The molecule has 22 heavy (non-hydrogen) atoms. The Morgan fingerprint density at radius 3 is 2.73 bits per heavy atom. The van der Waals surface area contributed by atoms with E-state index in [1.54, 1.807) is 30.7 Å². The molecule has 0 bridgehead atoms. The topological polar surface area (TPSA) is 60.3 Å². The molecular weight excluding hydrogens is 304 g/mol. The van der Waals surface area contributed by atoms with Gasteiger partial charge >= 0.3 is 0 Å². The molecule has 0 unspecified atom stereocenters. The van der Waals surface area contributed by atoms with Gasteiger partial charge in [-0.2, -0.15) is 0 Å². The quantitative estimate of drug-likeness (QED) is 0.942. The molecule has 0 aliphatic heterocycles. The van der Waals surface area contributed by atoms with Gasteiger partial charge in [0, 0.05) is 23.8 Å². The Labute approximate surface area is 133 Å². The van der Waals surface area contributed by atoms with E-state index in [4.69, 9.17) is 16.3 Å². The molecule has 2 aromatic rings. The molecule has 0 spiro atoms. The molecule has 1 heterocycles. The van der Waals surface area contributed by atoms with E-state index in [1.807, 2.05) is 13.0 Å². The molecule has 1 N–H and O–H groups in total. The summed E-state index contributed by atoms with van der Waals surface area (Å²) < 4.78 is 6.77. The Kier molecular flexibility index (Phi) is 4.88. The van der Waals surface area contributed by atoms with Crippen molar-refractivity contribution in [2.24, 2.45) is 7.05 Å². The molecule has 0 radical (unpaired) electrons. The summed E-state index contributed by atoms with van der Waals surface area (Å²) in [6, 6.07) is 6.50. The molecule has 0 atom stereocenters. The summed E-state index contributed by atoms with van der Waals surface area (Å²) in [6.07, 6.45) is 1.50. The van der Waals surface area contributed by atoms with Crippen molar-refractivity contribution < 1.29 is 9.53 Å². The molecule has 0 saturated heterocycles. The highest BCUT2D eigenvalue weighted by atomic mass is 35.5. The molecule has 6 heteroatoms. The van der Waals surface area contributed by atoms with Crippen LogP contribution in [0.3, 0.4) is 0 Å². The predicted octanol–water partition coefficient (Wildman–Crippen LogP) is 3.00. The second-order valence-electron chi connectivity index (χ2n) is 4.85. The van der Waals surface area contributed by atoms with E-state index < -0.39 is 0 Å². The monoisotopic (exact) mass is 320 g/mol. The minimum absolute atomic E-state index is 0.222. The summed E-state index contributed by atoms with van der Waals surface area (Å²) in [5.74, 6) is -0.164. The lowest BCUT2D eigenvalue weighted by molar-refractivity contribution is 0.101. The molecule has 1 aromatic carbocycles. The van der Waals surface area contributed by atoms with Gasteiger partial charge in [0.2, 0.25) is 5.43 Å². The van der Waals surface area contributed by atoms with E-state index in [-0.39, 0.29) is 22.8 Å². The Hall–Kier alpha value is -2.27. The number of halogens is 1. The number of anilines is 1. The normalized spacial score (nSPS) is 10.4. The Morgan fingerprint density at radius 1 is 1.36 bits per heavy atom. The first-order valence-corrected chi connectivity index (χ1v) is 7.21. The number of nitrogens with one attached hydrogen (secondary N) is 1. The number of aromatic nitrogens is 1. The highest BCUT2D eigenvalue weighted by Gasteiger charge is 2.13. The number of carbonyl (C=O) groups is 1. The standard InChI is InChI=1S/C16H17ClN2O3/c1-4-22-15-9-19(3)13(8-14(15)20)16(21)18-11-6-5-10(2)12(17)7-11/h5-9H,4H2,1-3H3,(H,18,21). The minimum atomic E-state index is -0.387. The number of ether oxygens (including phenoxy) is 1. The van der Waals surface area contributed by atoms with Crippen LogP contribution in [0.25, 0.3) is 0 Å². The third-order valence-corrected chi connectivity index (χ3v) is 3.57. The maximum atomic E-state index is 12.3. The SMILES string of the molecule is CCOc1cn(C)c(C(=O)Nc2ccc(C)c(Cl)c2)cc1=O. The molecule has 0 fully saturated rings. The molecule has 2 rings (SSSR count). The zero-order valence-electron chi connectivity index (χ0n) is 12.6. The summed E-state index contributed by atoms with van der Waals surface area (Å²) in [4.78, 5) is 24.2. The first-order valence-electron chi connectivity index (χ1n) is 6.83. The largest absolute Gasteiger partial charge is 0.488 e. The average molecular weight is 321 g/mol. The fourth-order valence-electron chi connectivity index (χ4n) is 1.96. The maximum absolute atomic E-state index is 12.3. The Morgan fingerprint density at radius 2 is 2.09 bits per heavy atom. The highest BCUT2D eigenvalue weighted by Crippen LogP contribution is 2.20. The van der Waals surface area contributed by atoms with E-state index in [0.717, 1.165) is 5.56 Å². The minimum Gasteiger partial charge on any atom is -0.488 e. The number of amides is 1. The zero-order chi connectivity index (χ0) is 16.3. The Balaban J connectivity index is 2.27. The number of benzene rings is 1. The van der Waals surface area contributed by atoms with Gasteiger partial charge in [0.1, 0.15) is 5.69 Å². The average Bonchev–Trinajstić information content (AvgIpc) is 2.46. The second-order valence-corrected chi connectivity index (χ2v) is 5.26. The van der Waals surface area contributed by atoms with Crippen LogP contribution in [0.5, 0.6) is 5.75 Å². The van der Waals surface area contributed by atoms with Gasteiger partial charge < -0.3 is 14.6 Å². The van der Waals surface area contributed by atoms with Gasteiger partial charge in [-0.1, -0.05) is 17.7 Å².